The zero-order valence-corrected chi connectivity index (χ0v) is 14.3. The fourth-order valence-corrected chi connectivity index (χ4v) is 3.82. The molecule has 0 aliphatic heterocycles. The minimum Gasteiger partial charge on any atom is -0.352 e. The van der Waals surface area contributed by atoms with Crippen molar-refractivity contribution in [1.29, 1.82) is 0 Å². The summed E-state index contributed by atoms with van der Waals surface area (Å²) in [7, 11) is -3.60. The van der Waals surface area contributed by atoms with Crippen molar-refractivity contribution in [2.45, 2.75) is 32.0 Å². The molecule has 0 aromatic heterocycles. The Morgan fingerprint density at radius 2 is 1.85 bits per heavy atom. The van der Waals surface area contributed by atoms with Crippen LogP contribution in [0.5, 0.6) is 0 Å². The largest absolute Gasteiger partial charge is 0.352 e. The average Bonchev–Trinajstić information content (AvgIpc) is 2.36. The average molecular weight is 366 g/mol. The Kier molecular flexibility index (Phi) is 7.11. The molecule has 0 unspecified atom stereocenters. The van der Waals surface area contributed by atoms with Crippen LogP contribution in [-0.2, 0) is 19.5 Å². The lowest BCUT2D eigenvalue weighted by Gasteiger charge is -2.17. The number of nitrogens with one attached hydrogen (secondary N) is 1. The number of halogens is 1. The molecule has 0 saturated carbocycles. The zero-order chi connectivity index (χ0) is 15.2. The van der Waals surface area contributed by atoms with Gasteiger partial charge in [0.2, 0.25) is 10.0 Å². The predicted octanol–water partition coefficient (Wildman–Crippen LogP) is 2.43. The van der Waals surface area contributed by atoms with Crippen LogP contribution < -0.4 is 4.72 Å². The molecule has 20 heavy (non-hydrogen) atoms. The number of rotatable bonds is 8. The van der Waals surface area contributed by atoms with Gasteiger partial charge in [-0.3, -0.25) is 0 Å². The van der Waals surface area contributed by atoms with E-state index in [1.165, 1.54) is 0 Å². The van der Waals surface area contributed by atoms with E-state index in [1.807, 2.05) is 20.8 Å². The number of benzene rings is 1. The first-order valence-electron chi connectivity index (χ1n) is 6.39. The molecular formula is C13H20BrNO4S. The molecule has 0 aliphatic carbocycles. The summed E-state index contributed by atoms with van der Waals surface area (Å²) >= 11 is 3.27. The Morgan fingerprint density at radius 3 is 2.35 bits per heavy atom. The van der Waals surface area contributed by atoms with Crippen molar-refractivity contribution in [1.82, 2.24) is 4.72 Å². The molecule has 0 aliphatic rings. The minimum absolute atomic E-state index is 0.0737. The second-order valence-electron chi connectivity index (χ2n) is 4.13. The monoisotopic (exact) mass is 365 g/mol. The molecule has 0 fully saturated rings. The maximum Gasteiger partial charge on any atom is 0.241 e. The molecule has 1 aromatic carbocycles. The summed E-state index contributed by atoms with van der Waals surface area (Å²) in [5.41, 5.74) is 0.984. The van der Waals surface area contributed by atoms with Crippen molar-refractivity contribution >= 4 is 26.0 Å². The third-order valence-corrected chi connectivity index (χ3v) is 4.92. The molecule has 0 atom stereocenters. The van der Waals surface area contributed by atoms with Gasteiger partial charge in [-0.25, -0.2) is 13.1 Å². The van der Waals surface area contributed by atoms with Gasteiger partial charge in [0.15, 0.2) is 6.29 Å². The number of aryl methyl sites for hydroxylation is 1. The maximum atomic E-state index is 12.2. The van der Waals surface area contributed by atoms with Crippen molar-refractivity contribution in [2.75, 3.05) is 19.8 Å². The quantitative estimate of drug-likeness (QED) is 0.718. The molecule has 1 N–H and O–H groups in total. The predicted molar refractivity (Wildman–Crippen MR) is 81.1 cm³/mol. The Balaban J connectivity index is 2.78. The second kappa shape index (κ2) is 8.09. The van der Waals surface area contributed by atoms with E-state index < -0.39 is 16.3 Å². The lowest BCUT2D eigenvalue weighted by atomic mass is 10.2. The summed E-state index contributed by atoms with van der Waals surface area (Å²) in [6.45, 7) is 6.55. The van der Waals surface area contributed by atoms with Crippen LogP contribution >= 0.6 is 15.9 Å². The van der Waals surface area contributed by atoms with Gasteiger partial charge in [-0.1, -0.05) is 6.07 Å². The highest BCUT2D eigenvalue weighted by Gasteiger charge is 2.19. The van der Waals surface area contributed by atoms with Crippen molar-refractivity contribution in [3.8, 4) is 0 Å². The Labute approximate surface area is 128 Å². The molecule has 0 amide bonds. The van der Waals surface area contributed by atoms with E-state index in [4.69, 9.17) is 9.47 Å². The van der Waals surface area contributed by atoms with Gasteiger partial charge in [0.1, 0.15) is 0 Å². The van der Waals surface area contributed by atoms with Crippen LogP contribution in [0.15, 0.2) is 27.6 Å². The second-order valence-corrected chi connectivity index (χ2v) is 6.72. The lowest BCUT2D eigenvalue weighted by Crippen LogP contribution is -2.35. The normalized spacial score (nSPS) is 12.1. The fourth-order valence-electron chi connectivity index (χ4n) is 1.62. The van der Waals surface area contributed by atoms with E-state index >= 15 is 0 Å². The van der Waals surface area contributed by atoms with Gasteiger partial charge >= 0.3 is 0 Å². The van der Waals surface area contributed by atoms with E-state index in [9.17, 15) is 8.42 Å². The maximum absolute atomic E-state index is 12.2. The standard InChI is InChI=1S/C13H20BrNO4S/c1-4-18-13(19-5-2)9-15-20(16,17)12-7-6-10(3)8-11(12)14/h6-8,13,15H,4-5,9H2,1-3H3. The minimum atomic E-state index is -3.60. The molecular weight excluding hydrogens is 346 g/mol. The first-order valence-corrected chi connectivity index (χ1v) is 8.67. The summed E-state index contributed by atoms with van der Waals surface area (Å²) in [6, 6.07) is 5.08. The van der Waals surface area contributed by atoms with Gasteiger partial charge in [-0.2, -0.15) is 0 Å². The van der Waals surface area contributed by atoms with Gasteiger partial charge in [0.05, 0.1) is 11.4 Å². The Bertz CT molecular complexity index is 527. The Hall–Kier alpha value is -0.470. The van der Waals surface area contributed by atoms with E-state index in [0.717, 1.165) is 5.56 Å². The van der Waals surface area contributed by atoms with Crippen molar-refractivity contribution in [3.05, 3.63) is 28.2 Å². The highest BCUT2D eigenvalue weighted by molar-refractivity contribution is 9.10. The van der Waals surface area contributed by atoms with Crippen LogP contribution in [0.25, 0.3) is 0 Å². The summed E-state index contributed by atoms with van der Waals surface area (Å²) in [6.07, 6.45) is -0.580. The van der Waals surface area contributed by atoms with Crippen LogP contribution in [0.1, 0.15) is 19.4 Å². The highest BCUT2D eigenvalue weighted by atomic mass is 79.9. The molecule has 5 nitrogen and oxygen atoms in total. The molecule has 0 saturated heterocycles. The van der Waals surface area contributed by atoms with Gasteiger partial charge < -0.3 is 9.47 Å². The Morgan fingerprint density at radius 1 is 1.25 bits per heavy atom. The van der Waals surface area contributed by atoms with Crippen LogP contribution in [-0.4, -0.2) is 34.5 Å². The van der Waals surface area contributed by atoms with Crippen LogP contribution in [0, 0.1) is 6.92 Å². The van der Waals surface area contributed by atoms with E-state index in [2.05, 4.69) is 20.7 Å². The van der Waals surface area contributed by atoms with Gasteiger partial charge in [0.25, 0.3) is 0 Å². The third kappa shape index (κ3) is 5.14. The topological polar surface area (TPSA) is 64.6 Å². The molecule has 114 valence electrons. The van der Waals surface area contributed by atoms with E-state index in [1.54, 1.807) is 18.2 Å². The SMILES string of the molecule is CCOC(CNS(=O)(=O)c1ccc(C)cc1Br)OCC. The molecule has 0 heterocycles. The van der Waals surface area contributed by atoms with Gasteiger partial charge in [0, 0.05) is 17.7 Å². The summed E-state index contributed by atoms with van der Waals surface area (Å²) in [5, 5.41) is 0. The molecule has 0 bridgehead atoms. The first-order chi connectivity index (χ1) is 9.40. The molecule has 0 spiro atoms. The number of sulfonamides is 1. The van der Waals surface area contributed by atoms with Crippen LogP contribution in [0.4, 0.5) is 0 Å². The number of hydrogen-bond acceptors (Lipinski definition) is 4. The van der Waals surface area contributed by atoms with E-state index in [0.29, 0.717) is 17.7 Å². The fraction of sp³-hybridized carbons (Fsp3) is 0.538. The lowest BCUT2D eigenvalue weighted by molar-refractivity contribution is -0.130. The summed E-state index contributed by atoms with van der Waals surface area (Å²) in [4.78, 5) is 0.204. The molecule has 1 aromatic rings. The first kappa shape index (κ1) is 17.6. The summed E-state index contributed by atoms with van der Waals surface area (Å²) < 4.78 is 38.1. The smallest absolute Gasteiger partial charge is 0.241 e. The molecule has 0 radical (unpaired) electrons. The van der Waals surface area contributed by atoms with E-state index in [-0.39, 0.29) is 11.4 Å². The van der Waals surface area contributed by atoms with Crippen molar-refractivity contribution < 1.29 is 17.9 Å². The molecule has 1 rings (SSSR count). The van der Waals surface area contributed by atoms with Crippen LogP contribution in [0.2, 0.25) is 0 Å². The van der Waals surface area contributed by atoms with Crippen LogP contribution in [0.3, 0.4) is 0 Å². The zero-order valence-electron chi connectivity index (χ0n) is 11.8. The van der Waals surface area contributed by atoms with Gasteiger partial charge in [-0.15, -0.1) is 0 Å². The number of hydrogen-bond donors (Lipinski definition) is 1. The summed E-state index contributed by atoms with van der Waals surface area (Å²) in [5.74, 6) is 0. The third-order valence-electron chi connectivity index (χ3n) is 2.52. The van der Waals surface area contributed by atoms with Gasteiger partial charge in [-0.05, 0) is 54.4 Å². The number of ether oxygens (including phenoxy) is 2. The van der Waals surface area contributed by atoms with Crippen molar-refractivity contribution in [3.63, 3.8) is 0 Å². The van der Waals surface area contributed by atoms with Crippen molar-refractivity contribution in [2.24, 2.45) is 0 Å². The highest BCUT2D eigenvalue weighted by Crippen LogP contribution is 2.22. The molecule has 7 heteroatoms.